The first kappa shape index (κ1) is 32.6. The van der Waals surface area contributed by atoms with E-state index in [1.165, 1.54) is 17.8 Å². The highest BCUT2D eigenvalue weighted by molar-refractivity contribution is 8.13. The van der Waals surface area contributed by atoms with Gasteiger partial charge in [-0.2, -0.15) is 4.98 Å². The summed E-state index contributed by atoms with van der Waals surface area (Å²) in [6.45, 7) is 4.14. The molecular weight excluding hydrogens is 611 g/mol. The maximum atomic E-state index is 13.7. The molecule has 0 bridgehead atoms. The number of benzene rings is 1. The Bertz CT molecular complexity index is 1500. The van der Waals surface area contributed by atoms with E-state index in [0.29, 0.717) is 0 Å². The van der Waals surface area contributed by atoms with Gasteiger partial charge in [-0.15, -0.1) is 11.6 Å². The van der Waals surface area contributed by atoms with E-state index in [0.717, 1.165) is 17.3 Å². The second-order valence-electron chi connectivity index (χ2n) is 10.5. The molecule has 0 spiro atoms. The molecule has 0 saturated carbocycles. The van der Waals surface area contributed by atoms with E-state index in [1.54, 1.807) is 13.8 Å². The number of thioether (sulfide) groups is 1. The van der Waals surface area contributed by atoms with Crippen molar-refractivity contribution in [2.24, 2.45) is 5.41 Å². The molecular formula is C25H34ClN6O8PS. The van der Waals surface area contributed by atoms with Gasteiger partial charge < -0.3 is 20.7 Å². The number of rotatable bonds is 13. The standard InChI is InChI=1S/C25H34ClN6O8PS/c1-24(2,13-33)22(36)42-10-9-38-41(37,29-11-15-7-5-4-6-8-15)39-12-16-18(34)25(3,26)21(40-16)32-14-28-17-19(32)30-23(27)31-20(17)35/h4-8,14,16,18,21,33-34H,9-13H2,1-3H3,(H,29,37)(H3,27,30,31,35)/t16-,18-,21-,25-,41?/m1/s1. The van der Waals surface area contributed by atoms with Crippen LogP contribution in [-0.4, -0.2) is 77.5 Å². The SMILES string of the molecule is CC(C)(CO)C(=O)SCCOP(=O)(NCc1ccccc1)OC[C@H]1O[C@@H](n2cnc3c(=O)[nH]c(N)nc32)[C@](C)(Cl)[C@@H]1O. The van der Waals surface area contributed by atoms with Gasteiger partial charge in [-0.25, -0.2) is 14.6 Å². The molecule has 2 aromatic heterocycles. The van der Waals surface area contributed by atoms with Crippen molar-refractivity contribution in [3.8, 4) is 0 Å². The number of halogens is 1. The van der Waals surface area contributed by atoms with Crippen molar-refractivity contribution in [3.63, 3.8) is 0 Å². The first-order valence-electron chi connectivity index (χ1n) is 13.0. The number of aromatic amines is 1. The molecule has 230 valence electrons. The third kappa shape index (κ3) is 7.24. The summed E-state index contributed by atoms with van der Waals surface area (Å²) in [5.74, 6) is 0.0296. The number of carbonyl (C=O) groups is 1. The van der Waals surface area contributed by atoms with Crippen molar-refractivity contribution in [3.05, 3.63) is 52.6 Å². The van der Waals surface area contributed by atoms with Gasteiger partial charge in [0.05, 0.1) is 31.6 Å². The fraction of sp³-hybridized carbons (Fsp3) is 0.520. The van der Waals surface area contributed by atoms with Crippen molar-refractivity contribution < 1.29 is 33.4 Å². The van der Waals surface area contributed by atoms with Gasteiger partial charge in [-0.1, -0.05) is 42.1 Å². The summed E-state index contributed by atoms with van der Waals surface area (Å²) in [7, 11) is -4.00. The van der Waals surface area contributed by atoms with Crippen LogP contribution in [0.4, 0.5) is 5.95 Å². The quantitative estimate of drug-likeness (QED) is 0.103. The molecule has 0 amide bonds. The lowest BCUT2D eigenvalue weighted by atomic mass is 9.97. The molecule has 3 aromatic rings. The zero-order valence-corrected chi connectivity index (χ0v) is 25.7. The number of nitrogens with two attached hydrogens (primary N) is 1. The van der Waals surface area contributed by atoms with Crippen molar-refractivity contribution >= 4 is 53.3 Å². The zero-order chi connectivity index (χ0) is 30.7. The first-order valence-corrected chi connectivity index (χ1v) is 15.9. The van der Waals surface area contributed by atoms with Gasteiger partial charge in [0, 0.05) is 12.3 Å². The maximum Gasteiger partial charge on any atom is 0.405 e. The Morgan fingerprint density at radius 2 is 2.07 bits per heavy atom. The number of aliphatic hydroxyl groups excluding tert-OH is 2. The Morgan fingerprint density at radius 1 is 1.36 bits per heavy atom. The average Bonchev–Trinajstić information content (AvgIpc) is 3.47. The van der Waals surface area contributed by atoms with Crippen molar-refractivity contribution in [1.29, 1.82) is 0 Å². The van der Waals surface area contributed by atoms with Gasteiger partial charge in [-0.05, 0) is 26.3 Å². The number of anilines is 1. The molecule has 0 aliphatic carbocycles. The van der Waals surface area contributed by atoms with Crippen LogP contribution in [0, 0.1) is 5.41 Å². The van der Waals surface area contributed by atoms with Gasteiger partial charge in [0.1, 0.15) is 17.1 Å². The molecule has 1 aliphatic rings. The smallest absolute Gasteiger partial charge is 0.395 e. The molecule has 0 radical (unpaired) electrons. The zero-order valence-electron chi connectivity index (χ0n) is 23.2. The van der Waals surface area contributed by atoms with Crippen LogP contribution in [-0.2, 0) is 29.7 Å². The molecule has 42 heavy (non-hydrogen) atoms. The second-order valence-corrected chi connectivity index (χ2v) is 14.2. The topological polar surface area (TPSA) is 204 Å². The van der Waals surface area contributed by atoms with Gasteiger partial charge >= 0.3 is 7.75 Å². The number of imidazole rings is 1. The molecule has 17 heteroatoms. The summed E-state index contributed by atoms with van der Waals surface area (Å²) in [6.07, 6.45) is -2.11. The number of hydrogen-bond donors (Lipinski definition) is 5. The van der Waals surface area contributed by atoms with E-state index in [1.807, 2.05) is 30.3 Å². The summed E-state index contributed by atoms with van der Waals surface area (Å²) in [4.78, 5) is 33.7. The van der Waals surface area contributed by atoms with Crippen LogP contribution in [0.15, 0.2) is 41.5 Å². The number of H-pyrrole nitrogens is 1. The number of ether oxygens (including phenoxy) is 1. The Balaban J connectivity index is 1.46. The van der Waals surface area contributed by atoms with Crippen LogP contribution in [0.25, 0.3) is 11.2 Å². The van der Waals surface area contributed by atoms with Crippen molar-refractivity contribution in [1.82, 2.24) is 24.6 Å². The molecule has 1 unspecified atom stereocenters. The van der Waals surface area contributed by atoms with Crippen LogP contribution in [0.3, 0.4) is 0 Å². The number of alkyl halides is 1. The summed E-state index contributed by atoms with van der Waals surface area (Å²) in [5.41, 5.74) is 5.16. The molecule has 14 nitrogen and oxygen atoms in total. The van der Waals surface area contributed by atoms with E-state index < -0.39 is 42.0 Å². The van der Waals surface area contributed by atoms with E-state index in [-0.39, 0.29) is 54.3 Å². The number of hydrogen-bond acceptors (Lipinski definition) is 12. The number of carbonyl (C=O) groups excluding carboxylic acids is 1. The maximum absolute atomic E-state index is 13.7. The largest absolute Gasteiger partial charge is 0.405 e. The minimum Gasteiger partial charge on any atom is -0.395 e. The highest BCUT2D eigenvalue weighted by Gasteiger charge is 2.54. The van der Waals surface area contributed by atoms with Gasteiger partial charge in [0.25, 0.3) is 5.56 Å². The normalized spacial score (nSPS) is 24.2. The molecule has 1 aliphatic heterocycles. The lowest BCUT2D eigenvalue weighted by Gasteiger charge is -2.26. The third-order valence-corrected chi connectivity index (χ3v) is 9.83. The number of fused-ring (bicyclic) bond motifs is 1. The fourth-order valence-electron chi connectivity index (χ4n) is 4.10. The van der Waals surface area contributed by atoms with Crippen LogP contribution in [0.1, 0.15) is 32.6 Å². The summed E-state index contributed by atoms with van der Waals surface area (Å²) < 4.78 is 32.5. The molecule has 4 rings (SSSR count). The van der Waals surface area contributed by atoms with Crippen molar-refractivity contribution in [2.75, 3.05) is 31.3 Å². The van der Waals surface area contributed by atoms with Gasteiger partial charge in [0.2, 0.25) is 5.95 Å². The Labute approximate surface area is 250 Å². The van der Waals surface area contributed by atoms with Gasteiger partial charge in [-0.3, -0.25) is 28.2 Å². The first-order chi connectivity index (χ1) is 19.8. The minimum absolute atomic E-state index is 0.0104. The predicted molar refractivity (Wildman–Crippen MR) is 158 cm³/mol. The molecule has 1 fully saturated rings. The Kier molecular flexibility index (Phi) is 10.2. The molecule has 6 N–H and O–H groups in total. The van der Waals surface area contributed by atoms with Gasteiger partial charge in [0.15, 0.2) is 22.5 Å². The Hall–Kier alpha value is -2.33. The van der Waals surface area contributed by atoms with Crippen LogP contribution in [0.2, 0.25) is 0 Å². The average molecular weight is 645 g/mol. The highest BCUT2D eigenvalue weighted by Crippen LogP contribution is 2.48. The molecule has 1 aromatic carbocycles. The van der Waals surface area contributed by atoms with Crippen molar-refractivity contribution in [2.45, 2.75) is 50.6 Å². The molecule has 5 atom stereocenters. The lowest BCUT2D eigenvalue weighted by Crippen LogP contribution is -2.40. The van der Waals surface area contributed by atoms with Crippen LogP contribution < -0.4 is 16.4 Å². The molecule has 1 saturated heterocycles. The number of aromatic nitrogens is 4. The van der Waals surface area contributed by atoms with E-state index in [9.17, 15) is 24.4 Å². The summed E-state index contributed by atoms with van der Waals surface area (Å²) in [5, 5.41) is 23.0. The van der Waals surface area contributed by atoms with Crippen LogP contribution >= 0.6 is 31.1 Å². The van der Waals surface area contributed by atoms with E-state index >= 15 is 0 Å². The number of nitrogen functional groups attached to an aromatic ring is 1. The third-order valence-electron chi connectivity index (χ3n) is 6.67. The lowest BCUT2D eigenvalue weighted by molar-refractivity contribution is -0.119. The van der Waals surface area contributed by atoms with Crippen LogP contribution in [0.5, 0.6) is 0 Å². The minimum atomic E-state index is -4.00. The number of nitrogens with one attached hydrogen (secondary N) is 2. The Morgan fingerprint density at radius 3 is 2.76 bits per heavy atom. The second kappa shape index (κ2) is 13.1. The summed E-state index contributed by atoms with van der Waals surface area (Å²) >= 11 is 7.68. The number of nitrogens with zero attached hydrogens (tertiary/aromatic N) is 3. The monoisotopic (exact) mass is 644 g/mol. The van der Waals surface area contributed by atoms with E-state index in [2.05, 4.69) is 20.0 Å². The highest BCUT2D eigenvalue weighted by atomic mass is 35.5. The van der Waals surface area contributed by atoms with E-state index in [4.69, 9.17) is 31.1 Å². The molecule has 3 heterocycles. The predicted octanol–water partition coefficient (Wildman–Crippen LogP) is 2.17. The summed E-state index contributed by atoms with van der Waals surface area (Å²) in [6, 6.07) is 9.17. The number of aliphatic hydroxyl groups is 2. The fourth-order valence-corrected chi connectivity index (χ4v) is 6.64.